The number of rotatable bonds is 3. The molecule has 0 fully saturated rings. The fourth-order valence-electron chi connectivity index (χ4n) is 1.91. The maximum Gasteiger partial charge on any atom is 0.229 e. The van der Waals surface area contributed by atoms with Gasteiger partial charge in [0.2, 0.25) is 5.91 Å². The highest BCUT2D eigenvalue weighted by atomic mass is 31.1. The molecule has 0 bridgehead atoms. The molecule has 0 saturated carbocycles. The van der Waals surface area contributed by atoms with Crippen molar-refractivity contribution >= 4 is 30.1 Å². The molecule has 0 aromatic heterocycles. The Balaban J connectivity index is 2.20. The highest BCUT2D eigenvalue weighted by Crippen LogP contribution is 2.29. The molecule has 1 amide bonds. The van der Waals surface area contributed by atoms with Crippen molar-refractivity contribution < 1.29 is 4.79 Å². The van der Waals surface area contributed by atoms with E-state index in [1.807, 2.05) is 39.0 Å². The summed E-state index contributed by atoms with van der Waals surface area (Å²) >= 11 is 0. The monoisotopic (exact) mass is 299 g/mol. The Hall–Kier alpha value is -1.66. The van der Waals surface area contributed by atoms with Crippen molar-refractivity contribution in [2.45, 2.75) is 20.8 Å². The average Bonchev–Trinajstić information content (AvgIpc) is 2.46. The molecule has 0 aliphatic carbocycles. The van der Waals surface area contributed by atoms with Gasteiger partial charge in [0, 0.05) is 11.1 Å². The highest BCUT2D eigenvalue weighted by molar-refractivity contribution is 7.72. The van der Waals surface area contributed by atoms with E-state index in [1.54, 1.807) is 0 Å². The minimum Gasteiger partial charge on any atom is -0.326 e. The molecule has 0 saturated heterocycles. The number of hydrogen-bond donors (Lipinski definition) is 1. The first kappa shape index (κ1) is 15.7. The van der Waals surface area contributed by atoms with Gasteiger partial charge in [-0.25, -0.2) is 0 Å². The summed E-state index contributed by atoms with van der Waals surface area (Å²) in [5.74, 6) is 0.0415. The quantitative estimate of drug-likeness (QED) is 0.860. The number of carbonyl (C=O) groups excluding carboxylic acids is 1. The van der Waals surface area contributed by atoms with Crippen LogP contribution >= 0.6 is 7.92 Å². The minimum atomic E-state index is -0.391. The van der Waals surface area contributed by atoms with Crippen LogP contribution < -0.4 is 15.9 Å². The van der Waals surface area contributed by atoms with Gasteiger partial charge in [-0.2, -0.15) is 0 Å². The molecule has 0 aliphatic rings. The number of anilines is 1. The van der Waals surface area contributed by atoms with E-state index in [-0.39, 0.29) is 11.3 Å². The largest absolute Gasteiger partial charge is 0.326 e. The first-order valence-corrected chi connectivity index (χ1v) is 8.87. The number of hydrogen-bond acceptors (Lipinski definition) is 1. The van der Waals surface area contributed by atoms with Gasteiger partial charge in [0.1, 0.15) is 0 Å². The molecule has 1 atom stereocenters. The first-order chi connectivity index (χ1) is 9.88. The topological polar surface area (TPSA) is 29.1 Å². The second-order valence-corrected chi connectivity index (χ2v) is 8.30. The second kappa shape index (κ2) is 6.41. The van der Waals surface area contributed by atoms with Crippen LogP contribution in [0.5, 0.6) is 0 Å². The Morgan fingerprint density at radius 2 is 1.57 bits per heavy atom. The smallest absolute Gasteiger partial charge is 0.229 e. The van der Waals surface area contributed by atoms with E-state index in [2.05, 4.69) is 48.4 Å². The van der Waals surface area contributed by atoms with E-state index in [4.69, 9.17) is 0 Å². The van der Waals surface area contributed by atoms with Crippen molar-refractivity contribution in [1.82, 2.24) is 0 Å². The summed E-state index contributed by atoms with van der Waals surface area (Å²) < 4.78 is 0. The molecule has 2 aromatic carbocycles. The van der Waals surface area contributed by atoms with E-state index >= 15 is 0 Å². The van der Waals surface area contributed by atoms with Crippen LogP contribution in [-0.2, 0) is 4.79 Å². The summed E-state index contributed by atoms with van der Waals surface area (Å²) in [4.78, 5) is 12.1. The number of amides is 1. The lowest BCUT2D eigenvalue weighted by molar-refractivity contribution is -0.123. The predicted octanol–water partition coefficient (Wildman–Crippen LogP) is 3.73. The molecule has 1 N–H and O–H groups in total. The van der Waals surface area contributed by atoms with Crippen molar-refractivity contribution in [3.8, 4) is 0 Å². The van der Waals surface area contributed by atoms with Crippen LogP contribution in [0.15, 0.2) is 54.6 Å². The Labute approximate surface area is 128 Å². The third kappa shape index (κ3) is 4.15. The average molecular weight is 299 g/mol. The summed E-state index contributed by atoms with van der Waals surface area (Å²) in [7, 11) is -0.391. The van der Waals surface area contributed by atoms with Crippen LogP contribution in [0.1, 0.15) is 20.8 Å². The van der Waals surface area contributed by atoms with Gasteiger partial charge in [-0.05, 0) is 37.3 Å². The van der Waals surface area contributed by atoms with Crippen LogP contribution in [0, 0.1) is 5.41 Å². The number of carbonyl (C=O) groups is 1. The molecule has 0 heterocycles. The van der Waals surface area contributed by atoms with Crippen LogP contribution in [0.4, 0.5) is 5.69 Å². The Bertz CT molecular complexity index is 617. The standard InChI is InChI=1S/C18H22NOP/c1-18(2,3)17(20)19-14-9-8-12-16(13-14)21(4)15-10-6-5-7-11-15/h5-13H,1-4H3,(H,19,20). The van der Waals surface area contributed by atoms with Crippen molar-refractivity contribution in [3.63, 3.8) is 0 Å². The zero-order valence-corrected chi connectivity index (χ0v) is 13.9. The lowest BCUT2D eigenvalue weighted by Crippen LogP contribution is -2.28. The van der Waals surface area contributed by atoms with Gasteiger partial charge in [0.05, 0.1) is 0 Å². The van der Waals surface area contributed by atoms with Crippen LogP contribution in [0.3, 0.4) is 0 Å². The second-order valence-electron chi connectivity index (χ2n) is 6.15. The normalized spacial score (nSPS) is 12.8. The number of nitrogens with one attached hydrogen (secondary N) is 1. The summed E-state index contributed by atoms with van der Waals surface area (Å²) in [6.45, 7) is 8.00. The van der Waals surface area contributed by atoms with E-state index in [1.165, 1.54) is 10.6 Å². The summed E-state index contributed by atoms with van der Waals surface area (Å²) in [6, 6.07) is 18.7. The lowest BCUT2D eigenvalue weighted by atomic mass is 9.95. The van der Waals surface area contributed by atoms with Gasteiger partial charge >= 0.3 is 0 Å². The molecule has 0 spiro atoms. The molecule has 0 aliphatic heterocycles. The summed E-state index contributed by atoms with van der Waals surface area (Å²) in [6.07, 6.45) is 0. The third-order valence-corrected chi connectivity index (χ3v) is 5.44. The molecule has 2 nitrogen and oxygen atoms in total. The van der Waals surface area contributed by atoms with Crippen molar-refractivity contribution in [3.05, 3.63) is 54.6 Å². The molecule has 3 heteroatoms. The zero-order chi connectivity index (χ0) is 15.5. The van der Waals surface area contributed by atoms with Crippen LogP contribution in [-0.4, -0.2) is 12.6 Å². The van der Waals surface area contributed by atoms with E-state index < -0.39 is 7.92 Å². The predicted molar refractivity (Wildman–Crippen MR) is 93.1 cm³/mol. The SMILES string of the molecule is CP(c1ccccc1)c1cccc(NC(=O)C(C)(C)C)c1. The fraction of sp³-hybridized carbons (Fsp3) is 0.278. The summed E-state index contributed by atoms with van der Waals surface area (Å²) in [5.41, 5.74) is 0.490. The zero-order valence-electron chi connectivity index (χ0n) is 13.1. The van der Waals surface area contributed by atoms with E-state index in [9.17, 15) is 4.79 Å². The Kier molecular flexibility index (Phi) is 4.80. The maximum absolute atomic E-state index is 12.1. The molecule has 21 heavy (non-hydrogen) atoms. The lowest BCUT2D eigenvalue weighted by Gasteiger charge is -2.19. The first-order valence-electron chi connectivity index (χ1n) is 7.08. The van der Waals surface area contributed by atoms with E-state index in [0.717, 1.165) is 5.69 Å². The summed E-state index contributed by atoms with van der Waals surface area (Å²) in [5, 5.41) is 5.61. The van der Waals surface area contributed by atoms with Gasteiger partial charge in [-0.3, -0.25) is 4.79 Å². The molecular formula is C18H22NOP. The third-order valence-electron chi connectivity index (χ3n) is 3.32. The Morgan fingerprint density at radius 3 is 2.19 bits per heavy atom. The minimum absolute atomic E-state index is 0.0415. The van der Waals surface area contributed by atoms with Gasteiger partial charge in [-0.1, -0.05) is 63.2 Å². The van der Waals surface area contributed by atoms with Gasteiger partial charge in [-0.15, -0.1) is 0 Å². The molecule has 2 aromatic rings. The maximum atomic E-state index is 12.1. The van der Waals surface area contributed by atoms with Crippen LogP contribution in [0.2, 0.25) is 0 Å². The number of benzene rings is 2. The molecule has 110 valence electrons. The van der Waals surface area contributed by atoms with Crippen molar-refractivity contribution in [1.29, 1.82) is 0 Å². The molecule has 0 radical (unpaired) electrons. The highest BCUT2D eigenvalue weighted by Gasteiger charge is 2.21. The molecular weight excluding hydrogens is 277 g/mol. The van der Waals surface area contributed by atoms with Crippen LogP contribution in [0.25, 0.3) is 0 Å². The molecule has 2 rings (SSSR count). The van der Waals surface area contributed by atoms with Gasteiger partial charge in [0.15, 0.2) is 0 Å². The molecule has 1 unspecified atom stereocenters. The van der Waals surface area contributed by atoms with Gasteiger partial charge < -0.3 is 5.32 Å². The Morgan fingerprint density at radius 1 is 0.952 bits per heavy atom. The van der Waals surface area contributed by atoms with E-state index in [0.29, 0.717) is 0 Å². The van der Waals surface area contributed by atoms with Crippen molar-refractivity contribution in [2.75, 3.05) is 12.0 Å². The fourth-order valence-corrected chi connectivity index (χ4v) is 3.47. The van der Waals surface area contributed by atoms with Gasteiger partial charge in [0.25, 0.3) is 0 Å². The van der Waals surface area contributed by atoms with Crippen molar-refractivity contribution in [2.24, 2.45) is 5.41 Å².